The Morgan fingerprint density at radius 1 is 1.19 bits per heavy atom. The minimum Gasteiger partial charge on any atom is -0.326 e. The average Bonchev–Trinajstić information content (AvgIpc) is 3.05. The number of thioether (sulfide) groups is 1. The van der Waals surface area contributed by atoms with Crippen molar-refractivity contribution in [2.24, 2.45) is 0 Å². The van der Waals surface area contributed by atoms with Gasteiger partial charge in [0.05, 0.1) is 20.9 Å². The van der Waals surface area contributed by atoms with E-state index in [2.05, 4.69) is 10.3 Å². The van der Waals surface area contributed by atoms with Crippen LogP contribution in [0.15, 0.2) is 57.8 Å². The van der Waals surface area contributed by atoms with E-state index in [-0.39, 0.29) is 24.5 Å². The second-order valence-electron chi connectivity index (χ2n) is 5.65. The molecule has 0 atom stereocenters. The second kappa shape index (κ2) is 8.20. The zero-order chi connectivity index (χ0) is 18.6. The average molecular weight is 407 g/mol. The molecule has 26 heavy (non-hydrogen) atoms. The van der Waals surface area contributed by atoms with Crippen LogP contribution in [-0.4, -0.2) is 31.3 Å². The summed E-state index contributed by atoms with van der Waals surface area (Å²) < 4.78 is 26.4. The van der Waals surface area contributed by atoms with Crippen LogP contribution >= 0.6 is 23.1 Å². The summed E-state index contributed by atoms with van der Waals surface area (Å²) in [7, 11) is -3.35. The van der Waals surface area contributed by atoms with Gasteiger partial charge >= 0.3 is 0 Å². The Hall–Kier alpha value is -1.90. The van der Waals surface area contributed by atoms with Gasteiger partial charge in [0.1, 0.15) is 0 Å². The van der Waals surface area contributed by atoms with E-state index < -0.39 is 9.84 Å². The van der Waals surface area contributed by atoms with Gasteiger partial charge in [-0.1, -0.05) is 30.0 Å². The van der Waals surface area contributed by atoms with Gasteiger partial charge in [-0.3, -0.25) is 4.79 Å². The van der Waals surface area contributed by atoms with Crippen molar-refractivity contribution >= 4 is 54.7 Å². The van der Waals surface area contributed by atoms with Crippen LogP contribution in [0.1, 0.15) is 12.8 Å². The number of fused-ring (bicyclic) bond motifs is 1. The lowest BCUT2D eigenvalue weighted by Crippen LogP contribution is -2.14. The summed E-state index contributed by atoms with van der Waals surface area (Å²) in [5.74, 6) is -0.239. The van der Waals surface area contributed by atoms with Crippen molar-refractivity contribution in [1.29, 1.82) is 0 Å². The third kappa shape index (κ3) is 4.63. The molecule has 136 valence electrons. The summed E-state index contributed by atoms with van der Waals surface area (Å²) in [6.07, 6.45) is 2.41. The van der Waals surface area contributed by atoms with Gasteiger partial charge in [-0.05, 0) is 43.0 Å². The fourth-order valence-corrected chi connectivity index (χ4v) is 5.32. The number of rotatable bonds is 7. The van der Waals surface area contributed by atoms with E-state index in [1.165, 1.54) is 0 Å². The number of carbonyl (C=O) groups is 1. The highest BCUT2D eigenvalue weighted by Gasteiger charge is 2.14. The van der Waals surface area contributed by atoms with Crippen LogP contribution in [0, 0.1) is 0 Å². The first-order chi connectivity index (χ1) is 12.5. The summed E-state index contributed by atoms with van der Waals surface area (Å²) in [5, 5.41) is 2.83. The number of nitrogens with one attached hydrogen (secondary N) is 1. The summed E-state index contributed by atoms with van der Waals surface area (Å²) >= 11 is 3.17. The Bertz CT molecular complexity index is 1010. The maximum Gasteiger partial charge on any atom is 0.224 e. The molecule has 0 unspecified atom stereocenters. The third-order valence-corrected chi connectivity index (χ3v) is 7.57. The monoisotopic (exact) mass is 406 g/mol. The second-order valence-corrected chi connectivity index (χ2v) is 9.84. The molecule has 0 spiro atoms. The number of nitrogens with zero attached hydrogens (tertiary/aromatic N) is 1. The zero-order valence-corrected chi connectivity index (χ0v) is 16.6. The highest BCUT2D eigenvalue weighted by atomic mass is 32.2. The number of sulfone groups is 1. The van der Waals surface area contributed by atoms with E-state index in [0.717, 1.165) is 14.6 Å². The zero-order valence-electron chi connectivity index (χ0n) is 14.1. The first kappa shape index (κ1) is 18.9. The van der Waals surface area contributed by atoms with Crippen LogP contribution in [0.5, 0.6) is 0 Å². The van der Waals surface area contributed by atoms with Crippen molar-refractivity contribution in [2.75, 3.05) is 17.3 Å². The van der Waals surface area contributed by atoms with Crippen LogP contribution in [0.2, 0.25) is 0 Å². The Labute approximate surface area is 160 Å². The lowest BCUT2D eigenvalue weighted by Gasteiger charge is -2.06. The summed E-state index contributed by atoms with van der Waals surface area (Å²) in [4.78, 5) is 16.9. The molecule has 0 radical (unpaired) electrons. The van der Waals surface area contributed by atoms with Crippen molar-refractivity contribution in [3.05, 3.63) is 48.5 Å². The highest BCUT2D eigenvalue weighted by molar-refractivity contribution is 8.00. The molecule has 1 N–H and O–H groups in total. The van der Waals surface area contributed by atoms with Crippen LogP contribution in [0.4, 0.5) is 5.69 Å². The maximum absolute atomic E-state index is 12.2. The normalized spacial score (nSPS) is 11.6. The van der Waals surface area contributed by atoms with Crippen LogP contribution < -0.4 is 5.32 Å². The summed E-state index contributed by atoms with van der Waals surface area (Å²) in [6, 6.07) is 13.9. The smallest absolute Gasteiger partial charge is 0.224 e. The minimum absolute atomic E-state index is 0.0462. The Morgan fingerprint density at radius 2 is 1.96 bits per heavy atom. The Kier molecular flexibility index (Phi) is 5.95. The molecule has 1 aromatic heterocycles. The van der Waals surface area contributed by atoms with Gasteiger partial charge in [-0.2, -0.15) is 0 Å². The third-order valence-electron chi connectivity index (χ3n) is 3.75. The minimum atomic E-state index is -3.35. The van der Waals surface area contributed by atoms with Crippen molar-refractivity contribution in [1.82, 2.24) is 4.98 Å². The van der Waals surface area contributed by atoms with Crippen LogP contribution in [0.3, 0.4) is 0 Å². The van der Waals surface area contributed by atoms with Gasteiger partial charge in [0.15, 0.2) is 14.2 Å². The van der Waals surface area contributed by atoms with E-state index in [1.54, 1.807) is 53.4 Å². The molecule has 0 saturated carbocycles. The van der Waals surface area contributed by atoms with Gasteiger partial charge in [0.25, 0.3) is 0 Å². The number of hydrogen-bond donors (Lipinski definition) is 1. The number of carbonyl (C=O) groups excluding carboxylic acids is 1. The molecule has 0 aliphatic carbocycles. The molecule has 5 nitrogen and oxygen atoms in total. The van der Waals surface area contributed by atoms with Crippen LogP contribution in [-0.2, 0) is 14.6 Å². The molecular weight excluding hydrogens is 388 g/mol. The molecular formula is C18H18N2O3S3. The van der Waals surface area contributed by atoms with E-state index in [4.69, 9.17) is 0 Å². The fourth-order valence-electron chi connectivity index (χ4n) is 2.46. The number of benzene rings is 2. The molecule has 3 rings (SSSR count). The molecule has 1 heterocycles. The van der Waals surface area contributed by atoms with Crippen molar-refractivity contribution < 1.29 is 13.2 Å². The van der Waals surface area contributed by atoms with Gasteiger partial charge < -0.3 is 5.32 Å². The Balaban J connectivity index is 1.56. The van der Waals surface area contributed by atoms with Gasteiger partial charge in [0, 0.05) is 12.1 Å². The number of hydrogen-bond acceptors (Lipinski definition) is 6. The number of aromatic nitrogens is 1. The molecule has 0 saturated heterocycles. The molecule has 0 aliphatic heterocycles. The van der Waals surface area contributed by atoms with E-state index >= 15 is 0 Å². The summed E-state index contributed by atoms with van der Waals surface area (Å²) in [5.41, 5.74) is 1.61. The van der Waals surface area contributed by atoms with Gasteiger partial charge in [-0.15, -0.1) is 11.3 Å². The first-order valence-corrected chi connectivity index (χ1v) is 11.7. The van der Waals surface area contributed by atoms with Crippen LogP contribution in [0.25, 0.3) is 10.2 Å². The molecule has 0 aliphatic rings. The van der Waals surface area contributed by atoms with Gasteiger partial charge in [0.2, 0.25) is 5.91 Å². The molecule has 8 heteroatoms. The Morgan fingerprint density at radius 3 is 2.69 bits per heavy atom. The molecule has 3 aromatic rings. The number of anilines is 1. The number of thiazole rings is 1. The standard InChI is InChI=1S/C18H18N2O3S3/c1-24-18-20-15-10-9-13(12-16(15)25-18)19-17(21)8-5-11-26(22,23)14-6-3-2-4-7-14/h2-4,6-7,9-10,12H,5,8,11H2,1H3,(H,19,21). The lowest BCUT2D eigenvalue weighted by molar-refractivity contribution is -0.116. The first-order valence-electron chi connectivity index (χ1n) is 8.00. The lowest BCUT2D eigenvalue weighted by atomic mass is 10.2. The van der Waals surface area contributed by atoms with E-state index in [9.17, 15) is 13.2 Å². The maximum atomic E-state index is 12.2. The van der Waals surface area contributed by atoms with Gasteiger partial charge in [-0.25, -0.2) is 13.4 Å². The predicted molar refractivity (Wildman–Crippen MR) is 108 cm³/mol. The fraction of sp³-hybridized carbons (Fsp3) is 0.222. The van der Waals surface area contributed by atoms with Crippen molar-refractivity contribution in [2.45, 2.75) is 22.1 Å². The molecule has 1 amide bonds. The molecule has 0 bridgehead atoms. The number of amides is 1. The SMILES string of the molecule is CSc1nc2ccc(NC(=O)CCCS(=O)(=O)c3ccccc3)cc2s1. The largest absolute Gasteiger partial charge is 0.326 e. The van der Waals surface area contributed by atoms with E-state index in [0.29, 0.717) is 10.6 Å². The van der Waals surface area contributed by atoms with Crippen molar-refractivity contribution in [3.8, 4) is 0 Å². The molecule has 0 fully saturated rings. The topological polar surface area (TPSA) is 76.1 Å². The predicted octanol–water partition coefficient (Wildman–Crippen LogP) is 4.21. The highest BCUT2D eigenvalue weighted by Crippen LogP contribution is 2.30. The van der Waals surface area contributed by atoms with E-state index in [1.807, 2.05) is 24.5 Å². The molecule has 2 aromatic carbocycles. The summed E-state index contributed by atoms with van der Waals surface area (Å²) in [6.45, 7) is 0. The quantitative estimate of drug-likeness (QED) is 0.595. The van der Waals surface area contributed by atoms with Crippen molar-refractivity contribution in [3.63, 3.8) is 0 Å².